The highest BCUT2D eigenvalue weighted by Gasteiger charge is 2.18. The number of methoxy groups -OCH3 is 1. The number of rotatable bonds is 5. The second kappa shape index (κ2) is 6.20. The van der Waals surface area contributed by atoms with Crippen LogP contribution in [-0.2, 0) is 0 Å². The first-order valence-electron chi connectivity index (χ1n) is 6.06. The van der Waals surface area contributed by atoms with Gasteiger partial charge in [0.1, 0.15) is 4.88 Å². The number of hydrogen-bond donors (Lipinski definition) is 0. The van der Waals surface area contributed by atoms with Gasteiger partial charge in [-0.1, -0.05) is 25.4 Å². The van der Waals surface area contributed by atoms with Gasteiger partial charge < -0.3 is 9.47 Å². The summed E-state index contributed by atoms with van der Waals surface area (Å²) in [6.07, 6.45) is 0. The molecule has 0 saturated carbocycles. The van der Waals surface area contributed by atoms with Crippen LogP contribution < -0.4 is 9.47 Å². The summed E-state index contributed by atoms with van der Waals surface area (Å²) in [5.74, 6) is 1.63. The number of halogens is 2. The zero-order chi connectivity index (χ0) is 14.9. The van der Waals surface area contributed by atoms with Gasteiger partial charge in [-0.25, -0.2) is 0 Å². The van der Waals surface area contributed by atoms with Crippen LogP contribution >= 0.6 is 34.5 Å². The minimum atomic E-state index is -0.556. The van der Waals surface area contributed by atoms with Crippen molar-refractivity contribution in [3.63, 3.8) is 0 Å². The van der Waals surface area contributed by atoms with Crippen LogP contribution in [0.15, 0.2) is 12.1 Å². The number of carbonyl (C=O) groups is 1. The third-order valence-electron chi connectivity index (χ3n) is 2.66. The summed E-state index contributed by atoms with van der Waals surface area (Å²) < 4.78 is 11.9. The first-order chi connectivity index (χ1) is 9.43. The van der Waals surface area contributed by atoms with E-state index in [1.54, 1.807) is 13.2 Å². The van der Waals surface area contributed by atoms with Crippen LogP contribution in [0.25, 0.3) is 10.1 Å². The molecule has 1 heterocycles. The van der Waals surface area contributed by atoms with E-state index in [0.29, 0.717) is 33.9 Å². The predicted molar refractivity (Wildman–Crippen MR) is 83.9 cm³/mol. The Morgan fingerprint density at radius 1 is 1.35 bits per heavy atom. The number of fused-ring (bicyclic) bond motifs is 1. The maximum atomic E-state index is 11.3. The molecule has 3 nitrogen and oxygen atoms in total. The summed E-state index contributed by atoms with van der Waals surface area (Å²) in [7, 11) is 1.57. The van der Waals surface area contributed by atoms with Crippen molar-refractivity contribution in [2.75, 3.05) is 13.7 Å². The van der Waals surface area contributed by atoms with Crippen molar-refractivity contribution < 1.29 is 14.3 Å². The van der Waals surface area contributed by atoms with E-state index >= 15 is 0 Å². The lowest BCUT2D eigenvalue weighted by atomic mass is 10.2. The molecule has 0 spiro atoms. The fourth-order valence-electron chi connectivity index (χ4n) is 1.73. The minimum absolute atomic E-state index is 0.339. The van der Waals surface area contributed by atoms with Gasteiger partial charge >= 0.3 is 0 Å². The van der Waals surface area contributed by atoms with Crippen molar-refractivity contribution in [3.05, 3.63) is 22.0 Å². The lowest BCUT2D eigenvalue weighted by Crippen LogP contribution is -2.05. The molecule has 0 aliphatic carbocycles. The van der Waals surface area contributed by atoms with Crippen molar-refractivity contribution >= 4 is 49.9 Å². The smallest absolute Gasteiger partial charge is 0.263 e. The normalized spacial score (nSPS) is 11.1. The van der Waals surface area contributed by atoms with Crippen LogP contribution in [0.4, 0.5) is 0 Å². The Hall–Kier alpha value is -0.970. The Balaban J connectivity index is 2.51. The van der Waals surface area contributed by atoms with E-state index in [4.69, 9.17) is 32.7 Å². The summed E-state index contributed by atoms with van der Waals surface area (Å²) in [6, 6.07) is 3.60. The molecule has 0 saturated heterocycles. The maximum absolute atomic E-state index is 11.3. The summed E-state index contributed by atoms with van der Waals surface area (Å²) in [6.45, 7) is 4.72. The molecule has 2 aromatic rings. The Morgan fingerprint density at radius 2 is 2.05 bits per heavy atom. The molecule has 0 aliphatic heterocycles. The molecule has 2 rings (SSSR count). The SMILES string of the molecule is COc1cc2c(Cl)c(C(=O)Cl)sc2cc1OCC(C)C. The van der Waals surface area contributed by atoms with Gasteiger partial charge in [0.05, 0.1) is 18.7 Å². The largest absolute Gasteiger partial charge is 0.493 e. The standard InChI is InChI=1S/C14H14Cl2O3S/c1-7(2)6-19-10-5-11-8(4-9(10)18-3)12(15)13(20-11)14(16)17/h4-5,7H,6H2,1-3H3. The van der Waals surface area contributed by atoms with E-state index in [2.05, 4.69) is 13.8 Å². The lowest BCUT2D eigenvalue weighted by Gasteiger charge is -2.12. The van der Waals surface area contributed by atoms with Gasteiger partial charge in [-0.05, 0) is 23.6 Å². The van der Waals surface area contributed by atoms with Crippen LogP contribution in [0.2, 0.25) is 5.02 Å². The molecular weight excluding hydrogens is 319 g/mol. The Kier molecular flexibility index (Phi) is 4.78. The third kappa shape index (κ3) is 3.03. The molecule has 1 aromatic heterocycles. The average Bonchev–Trinajstić information content (AvgIpc) is 2.72. The van der Waals surface area contributed by atoms with Crippen LogP contribution in [0.1, 0.15) is 23.5 Å². The number of ether oxygens (including phenoxy) is 2. The van der Waals surface area contributed by atoms with E-state index in [-0.39, 0.29) is 0 Å². The third-order valence-corrected chi connectivity index (χ3v) is 4.62. The van der Waals surface area contributed by atoms with Crippen molar-refractivity contribution in [1.82, 2.24) is 0 Å². The molecule has 6 heteroatoms. The highest BCUT2D eigenvalue weighted by Crippen LogP contribution is 2.42. The van der Waals surface area contributed by atoms with Crippen molar-refractivity contribution in [2.24, 2.45) is 5.92 Å². The molecule has 0 amide bonds. The molecule has 0 N–H and O–H groups in total. The van der Waals surface area contributed by atoms with Crippen molar-refractivity contribution in [1.29, 1.82) is 0 Å². The van der Waals surface area contributed by atoms with Crippen LogP contribution in [0.5, 0.6) is 11.5 Å². The van der Waals surface area contributed by atoms with Gasteiger partial charge in [-0.3, -0.25) is 4.79 Å². The number of benzene rings is 1. The van der Waals surface area contributed by atoms with Crippen LogP contribution in [0.3, 0.4) is 0 Å². The summed E-state index contributed by atoms with van der Waals surface area (Å²) >= 11 is 12.9. The van der Waals surface area contributed by atoms with Gasteiger partial charge in [0.15, 0.2) is 11.5 Å². The van der Waals surface area contributed by atoms with Gasteiger partial charge in [0.25, 0.3) is 5.24 Å². The fourth-order valence-corrected chi connectivity index (χ4v) is 3.34. The first-order valence-corrected chi connectivity index (χ1v) is 7.64. The van der Waals surface area contributed by atoms with E-state index in [0.717, 1.165) is 10.1 Å². The van der Waals surface area contributed by atoms with E-state index in [1.807, 2.05) is 6.07 Å². The van der Waals surface area contributed by atoms with E-state index in [1.165, 1.54) is 11.3 Å². The molecule has 0 atom stereocenters. The molecule has 0 fully saturated rings. The van der Waals surface area contributed by atoms with Gasteiger partial charge in [0, 0.05) is 16.2 Å². The highest BCUT2D eigenvalue weighted by molar-refractivity contribution is 7.23. The number of thiophene rings is 1. The average molecular weight is 333 g/mol. The predicted octanol–water partition coefficient (Wildman–Crippen LogP) is 4.98. The second-order valence-electron chi connectivity index (χ2n) is 4.72. The van der Waals surface area contributed by atoms with E-state index in [9.17, 15) is 4.79 Å². The molecule has 0 aliphatic rings. The molecule has 108 valence electrons. The van der Waals surface area contributed by atoms with E-state index < -0.39 is 5.24 Å². The molecule has 20 heavy (non-hydrogen) atoms. The van der Waals surface area contributed by atoms with Crippen molar-refractivity contribution in [2.45, 2.75) is 13.8 Å². The molecule has 0 radical (unpaired) electrons. The first kappa shape index (κ1) is 15.4. The maximum Gasteiger partial charge on any atom is 0.263 e. The van der Waals surface area contributed by atoms with Crippen LogP contribution in [-0.4, -0.2) is 19.0 Å². The topological polar surface area (TPSA) is 35.5 Å². The molecule has 1 aromatic carbocycles. The summed E-state index contributed by atoms with van der Waals surface area (Å²) in [4.78, 5) is 11.7. The Bertz CT molecular complexity index is 649. The van der Waals surface area contributed by atoms with Gasteiger partial charge in [-0.2, -0.15) is 0 Å². The fraction of sp³-hybridized carbons (Fsp3) is 0.357. The summed E-state index contributed by atoms with van der Waals surface area (Å²) in [5.41, 5.74) is 0. The minimum Gasteiger partial charge on any atom is -0.493 e. The number of carbonyl (C=O) groups excluding carboxylic acids is 1. The summed E-state index contributed by atoms with van der Waals surface area (Å²) in [5, 5.41) is 0.549. The highest BCUT2D eigenvalue weighted by atomic mass is 35.5. The van der Waals surface area contributed by atoms with Gasteiger partial charge in [0.2, 0.25) is 0 Å². The van der Waals surface area contributed by atoms with Crippen LogP contribution in [0, 0.1) is 5.92 Å². The molecule has 0 unspecified atom stereocenters. The Morgan fingerprint density at radius 3 is 2.60 bits per heavy atom. The number of hydrogen-bond acceptors (Lipinski definition) is 4. The molecular formula is C14H14Cl2O3S. The Labute approximate surface area is 131 Å². The zero-order valence-electron chi connectivity index (χ0n) is 11.3. The zero-order valence-corrected chi connectivity index (χ0v) is 13.7. The lowest BCUT2D eigenvalue weighted by molar-refractivity contribution is 0.108. The molecule has 0 bridgehead atoms. The quantitative estimate of drug-likeness (QED) is 0.724. The van der Waals surface area contributed by atoms with Crippen molar-refractivity contribution in [3.8, 4) is 11.5 Å². The second-order valence-corrected chi connectivity index (χ2v) is 6.50. The monoisotopic (exact) mass is 332 g/mol. The van der Waals surface area contributed by atoms with Gasteiger partial charge in [-0.15, -0.1) is 11.3 Å².